The van der Waals surface area contributed by atoms with E-state index in [0.717, 1.165) is 11.5 Å². The Morgan fingerprint density at radius 2 is 2.29 bits per heavy atom. The van der Waals surface area contributed by atoms with Crippen LogP contribution in [0.5, 0.6) is 0 Å². The van der Waals surface area contributed by atoms with Crippen molar-refractivity contribution >= 4 is 23.1 Å². The van der Waals surface area contributed by atoms with Gasteiger partial charge >= 0.3 is 0 Å². The van der Waals surface area contributed by atoms with Crippen LogP contribution in [0.1, 0.15) is 0 Å². The van der Waals surface area contributed by atoms with E-state index < -0.39 is 0 Å². The Balaban J connectivity index is 2.18. The van der Waals surface area contributed by atoms with Gasteiger partial charge in [-0.05, 0) is 18.2 Å². The molecule has 0 bridgehead atoms. The first-order valence-electron chi connectivity index (χ1n) is 4.24. The van der Waals surface area contributed by atoms with Gasteiger partial charge in [0.25, 0.3) is 0 Å². The van der Waals surface area contributed by atoms with Gasteiger partial charge in [-0.2, -0.15) is 0 Å². The third-order valence-corrected chi connectivity index (χ3v) is 2.04. The van der Waals surface area contributed by atoms with Crippen molar-refractivity contribution in [3.8, 4) is 0 Å². The van der Waals surface area contributed by atoms with Gasteiger partial charge in [-0.25, -0.2) is 4.98 Å². The van der Waals surface area contributed by atoms with Crippen molar-refractivity contribution in [1.82, 2.24) is 9.55 Å². The standard InChI is InChI=1S/C10H10ClN3/c1-14-6-10(12-7-14)13-9-4-2-3-8(11)5-9/h2-7,13H,1H3. The fraction of sp³-hybridized carbons (Fsp3) is 0.100. The summed E-state index contributed by atoms with van der Waals surface area (Å²) in [5, 5.41) is 3.86. The molecule has 72 valence electrons. The number of aromatic nitrogens is 2. The molecule has 0 amide bonds. The molecule has 0 radical (unpaired) electrons. The Hall–Kier alpha value is -1.48. The zero-order valence-corrected chi connectivity index (χ0v) is 8.49. The molecule has 1 aromatic carbocycles. The number of nitrogens with zero attached hydrogens (tertiary/aromatic N) is 2. The maximum Gasteiger partial charge on any atom is 0.148 e. The molecule has 1 heterocycles. The predicted octanol–water partition coefficient (Wildman–Crippen LogP) is 2.82. The van der Waals surface area contributed by atoms with E-state index in [4.69, 9.17) is 11.6 Å². The summed E-state index contributed by atoms with van der Waals surface area (Å²) in [4.78, 5) is 4.15. The molecule has 0 spiro atoms. The summed E-state index contributed by atoms with van der Waals surface area (Å²) in [6.45, 7) is 0. The second-order valence-corrected chi connectivity index (χ2v) is 3.50. The highest BCUT2D eigenvalue weighted by Crippen LogP contribution is 2.18. The molecule has 0 aliphatic heterocycles. The zero-order valence-electron chi connectivity index (χ0n) is 7.74. The summed E-state index contributed by atoms with van der Waals surface area (Å²) in [6.07, 6.45) is 3.65. The van der Waals surface area contributed by atoms with Crippen LogP contribution in [0.3, 0.4) is 0 Å². The molecule has 1 aromatic heterocycles. The van der Waals surface area contributed by atoms with Crippen molar-refractivity contribution < 1.29 is 0 Å². The molecule has 0 aliphatic carbocycles. The number of nitrogens with one attached hydrogen (secondary N) is 1. The quantitative estimate of drug-likeness (QED) is 0.821. The average molecular weight is 208 g/mol. The lowest BCUT2D eigenvalue weighted by atomic mass is 10.3. The fourth-order valence-electron chi connectivity index (χ4n) is 1.19. The molecule has 14 heavy (non-hydrogen) atoms. The van der Waals surface area contributed by atoms with Gasteiger partial charge in [0.05, 0.1) is 6.33 Å². The average Bonchev–Trinajstić information content (AvgIpc) is 2.51. The highest BCUT2D eigenvalue weighted by atomic mass is 35.5. The summed E-state index contributed by atoms with van der Waals surface area (Å²) in [7, 11) is 1.93. The van der Waals surface area contributed by atoms with Gasteiger partial charge in [0.1, 0.15) is 5.82 Å². The molecular weight excluding hydrogens is 198 g/mol. The van der Waals surface area contributed by atoms with Gasteiger partial charge < -0.3 is 9.88 Å². The summed E-state index contributed by atoms with van der Waals surface area (Å²) in [5.41, 5.74) is 0.941. The second kappa shape index (κ2) is 3.72. The number of hydrogen-bond donors (Lipinski definition) is 1. The lowest BCUT2D eigenvalue weighted by molar-refractivity contribution is 0.913. The molecule has 1 N–H and O–H groups in total. The molecule has 0 unspecified atom stereocenters. The number of halogens is 1. The smallest absolute Gasteiger partial charge is 0.148 e. The number of hydrogen-bond acceptors (Lipinski definition) is 2. The maximum atomic E-state index is 5.85. The minimum absolute atomic E-state index is 0.714. The van der Waals surface area contributed by atoms with Crippen molar-refractivity contribution in [1.29, 1.82) is 0 Å². The van der Waals surface area contributed by atoms with E-state index in [1.54, 1.807) is 6.33 Å². The van der Waals surface area contributed by atoms with Crippen LogP contribution in [0.4, 0.5) is 11.5 Å². The SMILES string of the molecule is Cn1cnc(Nc2cccc(Cl)c2)c1. The molecular formula is C10H10ClN3. The Bertz CT molecular complexity index is 436. The van der Waals surface area contributed by atoms with Crippen LogP contribution < -0.4 is 5.32 Å². The third-order valence-electron chi connectivity index (χ3n) is 1.80. The van der Waals surface area contributed by atoms with Crippen molar-refractivity contribution in [3.63, 3.8) is 0 Å². The van der Waals surface area contributed by atoms with E-state index in [-0.39, 0.29) is 0 Å². The lowest BCUT2D eigenvalue weighted by Crippen LogP contribution is -1.89. The largest absolute Gasteiger partial charge is 0.339 e. The fourth-order valence-corrected chi connectivity index (χ4v) is 1.38. The van der Waals surface area contributed by atoms with Crippen molar-refractivity contribution in [3.05, 3.63) is 41.8 Å². The topological polar surface area (TPSA) is 29.9 Å². The van der Waals surface area contributed by atoms with Gasteiger partial charge in [0.15, 0.2) is 0 Å². The van der Waals surface area contributed by atoms with Crippen LogP contribution in [-0.2, 0) is 7.05 Å². The third kappa shape index (κ3) is 2.06. The van der Waals surface area contributed by atoms with Gasteiger partial charge in [-0.1, -0.05) is 17.7 Å². The first-order chi connectivity index (χ1) is 6.74. The van der Waals surface area contributed by atoms with Crippen LogP contribution in [0.15, 0.2) is 36.8 Å². The Morgan fingerprint density at radius 1 is 1.43 bits per heavy atom. The molecule has 0 saturated heterocycles. The van der Waals surface area contributed by atoms with E-state index in [2.05, 4.69) is 10.3 Å². The minimum Gasteiger partial charge on any atom is -0.339 e. The lowest BCUT2D eigenvalue weighted by Gasteiger charge is -2.02. The maximum absolute atomic E-state index is 5.85. The molecule has 0 fully saturated rings. The molecule has 0 aliphatic rings. The zero-order chi connectivity index (χ0) is 9.97. The van der Waals surface area contributed by atoms with E-state index in [0.29, 0.717) is 5.02 Å². The van der Waals surface area contributed by atoms with Crippen molar-refractivity contribution in [2.24, 2.45) is 7.05 Å². The van der Waals surface area contributed by atoms with Crippen LogP contribution in [-0.4, -0.2) is 9.55 Å². The molecule has 0 saturated carbocycles. The molecule has 3 nitrogen and oxygen atoms in total. The van der Waals surface area contributed by atoms with Crippen molar-refractivity contribution in [2.75, 3.05) is 5.32 Å². The van der Waals surface area contributed by atoms with Gasteiger partial charge in [0.2, 0.25) is 0 Å². The van der Waals surface area contributed by atoms with Crippen LogP contribution in [0.25, 0.3) is 0 Å². The summed E-state index contributed by atoms with van der Waals surface area (Å²) in [6, 6.07) is 7.54. The van der Waals surface area contributed by atoms with Crippen LogP contribution in [0, 0.1) is 0 Å². The monoisotopic (exact) mass is 207 g/mol. The van der Waals surface area contributed by atoms with Crippen LogP contribution in [0.2, 0.25) is 5.02 Å². The van der Waals surface area contributed by atoms with Gasteiger partial charge in [-0.15, -0.1) is 0 Å². The minimum atomic E-state index is 0.714. The number of benzene rings is 1. The molecule has 2 aromatic rings. The summed E-state index contributed by atoms with van der Waals surface area (Å²) >= 11 is 5.85. The molecule has 0 atom stereocenters. The molecule has 4 heteroatoms. The Labute approximate surface area is 87.3 Å². The second-order valence-electron chi connectivity index (χ2n) is 3.06. The van der Waals surface area contributed by atoms with E-state index in [1.807, 2.05) is 42.1 Å². The first kappa shape index (κ1) is 9.09. The van der Waals surface area contributed by atoms with Crippen LogP contribution >= 0.6 is 11.6 Å². The van der Waals surface area contributed by atoms with Crippen molar-refractivity contribution in [2.45, 2.75) is 0 Å². The Morgan fingerprint density at radius 3 is 2.93 bits per heavy atom. The summed E-state index contributed by atoms with van der Waals surface area (Å²) in [5.74, 6) is 0.815. The van der Waals surface area contributed by atoms with E-state index in [1.165, 1.54) is 0 Å². The van der Waals surface area contributed by atoms with E-state index in [9.17, 15) is 0 Å². The number of aryl methyl sites for hydroxylation is 1. The highest BCUT2D eigenvalue weighted by Gasteiger charge is 1.97. The summed E-state index contributed by atoms with van der Waals surface area (Å²) < 4.78 is 1.88. The first-order valence-corrected chi connectivity index (χ1v) is 4.62. The Kier molecular flexibility index (Phi) is 2.41. The number of imidazole rings is 1. The number of anilines is 2. The highest BCUT2D eigenvalue weighted by molar-refractivity contribution is 6.30. The van der Waals surface area contributed by atoms with Gasteiger partial charge in [-0.3, -0.25) is 0 Å². The molecule has 2 rings (SSSR count). The predicted molar refractivity (Wildman–Crippen MR) is 57.9 cm³/mol. The van der Waals surface area contributed by atoms with Gasteiger partial charge in [0, 0.05) is 24.0 Å². The normalized spacial score (nSPS) is 10.1. The van der Waals surface area contributed by atoms with E-state index >= 15 is 0 Å². The number of rotatable bonds is 2.